The minimum atomic E-state index is 0. The van der Waals surface area contributed by atoms with Crippen LogP contribution in [0.3, 0.4) is 0 Å². The Bertz CT molecular complexity index is 50.9. The van der Waals surface area contributed by atoms with Gasteiger partial charge in [0.05, 0.1) is 27.7 Å². The molecule has 0 aliphatic heterocycles. The Morgan fingerprint density at radius 1 is 1.25 bits per heavy atom. The first kappa shape index (κ1) is 11.4. The van der Waals surface area contributed by atoms with E-state index in [4.69, 9.17) is 0 Å². The van der Waals surface area contributed by atoms with Crippen LogP contribution < -0.4 is 0 Å². The zero-order valence-electron chi connectivity index (χ0n) is 5.72. The van der Waals surface area contributed by atoms with Gasteiger partial charge in [0, 0.05) is 5.75 Å². The van der Waals surface area contributed by atoms with Gasteiger partial charge >= 0.3 is 0 Å². The van der Waals surface area contributed by atoms with Crippen molar-refractivity contribution in [2.45, 2.75) is 0 Å². The molecule has 0 saturated carbocycles. The standard InChI is InChI=1S/C5H13NS.ClH/c1-6(2,3)4-5-7;/h4-5H2,1-3H3;1H/p+1. The number of hydrogen-bond acceptors (Lipinski definition) is 1. The highest BCUT2D eigenvalue weighted by molar-refractivity contribution is 7.80. The highest BCUT2D eigenvalue weighted by Crippen LogP contribution is 1.88. The van der Waals surface area contributed by atoms with Crippen LogP contribution >= 0.6 is 25.0 Å². The minimum absolute atomic E-state index is 0. The van der Waals surface area contributed by atoms with Gasteiger partial charge in [0.15, 0.2) is 0 Å². The van der Waals surface area contributed by atoms with E-state index in [2.05, 4.69) is 33.8 Å². The number of halogens is 1. The lowest BCUT2D eigenvalue weighted by Gasteiger charge is -2.22. The third-order valence-electron chi connectivity index (χ3n) is 0.771. The van der Waals surface area contributed by atoms with Gasteiger partial charge in [-0.15, -0.1) is 12.4 Å². The number of thiol groups is 1. The van der Waals surface area contributed by atoms with E-state index in [1.54, 1.807) is 0 Å². The molecule has 0 aliphatic rings. The lowest BCUT2D eigenvalue weighted by molar-refractivity contribution is -0.867. The summed E-state index contributed by atoms with van der Waals surface area (Å²) in [5.74, 6) is 0.976. The molecule has 0 heterocycles. The Labute approximate surface area is 63.5 Å². The van der Waals surface area contributed by atoms with Crippen molar-refractivity contribution >= 4 is 25.0 Å². The monoisotopic (exact) mass is 156 g/mol. The van der Waals surface area contributed by atoms with Crippen molar-refractivity contribution in [2.75, 3.05) is 33.4 Å². The van der Waals surface area contributed by atoms with Gasteiger partial charge in [-0.3, -0.25) is 0 Å². The average molecular weight is 157 g/mol. The van der Waals surface area contributed by atoms with E-state index < -0.39 is 0 Å². The zero-order chi connectivity index (χ0) is 5.91. The second kappa shape index (κ2) is 4.48. The van der Waals surface area contributed by atoms with Crippen molar-refractivity contribution in [3.05, 3.63) is 0 Å². The average Bonchev–Trinajstić information content (AvgIpc) is 1.30. The van der Waals surface area contributed by atoms with Crippen LogP contribution in [0.5, 0.6) is 0 Å². The molecule has 0 radical (unpaired) electrons. The zero-order valence-corrected chi connectivity index (χ0v) is 7.43. The van der Waals surface area contributed by atoms with Crippen molar-refractivity contribution in [2.24, 2.45) is 0 Å². The van der Waals surface area contributed by atoms with Crippen molar-refractivity contribution < 1.29 is 4.48 Å². The summed E-state index contributed by atoms with van der Waals surface area (Å²) in [6.45, 7) is 1.14. The quantitative estimate of drug-likeness (QED) is 0.449. The van der Waals surface area contributed by atoms with Crippen LogP contribution in [0.1, 0.15) is 0 Å². The molecule has 0 aromatic heterocycles. The molecule has 0 amide bonds. The number of quaternary nitrogens is 1. The van der Waals surface area contributed by atoms with Crippen LogP contribution in [0, 0.1) is 0 Å². The van der Waals surface area contributed by atoms with E-state index in [0.29, 0.717) is 0 Å². The fourth-order valence-corrected chi connectivity index (χ4v) is 0.900. The van der Waals surface area contributed by atoms with E-state index in [9.17, 15) is 0 Å². The van der Waals surface area contributed by atoms with Crippen molar-refractivity contribution in [3.8, 4) is 0 Å². The Hall–Kier alpha value is 0.600. The number of hydrogen-bond donors (Lipinski definition) is 1. The molecule has 0 aromatic rings. The van der Waals surface area contributed by atoms with Crippen molar-refractivity contribution in [1.29, 1.82) is 0 Å². The lowest BCUT2D eigenvalue weighted by atomic mass is 10.6. The smallest absolute Gasteiger partial charge is 0.0869 e. The van der Waals surface area contributed by atoms with E-state index in [1.807, 2.05) is 0 Å². The predicted molar refractivity (Wildman–Crippen MR) is 44.0 cm³/mol. The van der Waals surface area contributed by atoms with Gasteiger partial charge in [0.1, 0.15) is 0 Å². The molecule has 52 valence electrons. The molecule has 0 aromatic carbocycles. The number of rotatable bonds is 2. The van der Waals surface area contributed by atoms with Gasteiger partial charge < -0.3 is 4.48 Å². The van der Waals surface area contributed by atoms with E-state index in [1.165, 1.54) is 0 Å². The van der Waals surface area contributed by atoms with Crippen molar-refractivity contribution in [3.63, 3.8) is 0 Å². The van der Waals surface area contributed by atoms with E-state index in [0.717, 1.165) is 16.8 Å². The fourth-order valence-electron chi connectivity index (χ4n) is 0.300. The molecule has 8 heavy (non-hydrogen) atoms. The molecule has 0 aliphatic carbocycles. The summed E-state index contributed by atoms with van der Waals surface area (Å²) in [5, 5.41) is 0. The van der Waals surface area contributed by atoms with Crippen LogP contribution in [0.4, 0.5) is 0 Å². The maximum absolute atomic E-state index is 4.10. The highest BCUT2D eigenvalue weighted by atomic mass is 35.5. The first-order chi connectivity index (χ1) is 3.06. The van der Waals surface area contributed by atoms with Gasteiger partial charge in [0.25, 0.3) is 0 Å². The Morgan fingerprint density at radius 3 is 1.62 bits per heavy atom. The van der Waals surface area contributed by atoms with Gasteiger partial charge in [0.2, 0.25) is 0 Å². The summed E-state index contributed by atoms with van der Waals surface area (Å²) in [4.78, 5) is 0. The largest absolute Gasteiger partial charge is 0.330 e. The third kappa shape index (κ3) is 9.78. The molecule has 0 bridgehead atoms. The van der Waals surface area contributed by atoms with E-state index in [-0.39, 0.29) is 12.4 Å². The molecule has 0 N–H and O–H groups in total. The van der Waals surface area contributed by atoms with Gasteiger partial charge in [-0.2, -0.15) is 12.6 Å². The maximum Gasteiger partial charge on any atom is 0.0869 e. The Morgan fingerprint density at radius 2 is 1.62 bits per heavy atom. The van der Waals surface area contributed by atoms with Crippen LogP contribution in [0.25, 0.3) is 0 Å². The number of nitrogens with zero attached hydrogens (tertiary/aromatic N) is 1. The predicted octanol–water partition coefficient (Wildman–Crippen LogP) is 1.04. The second-order valence-electron chi connectivity index (χ2n) is 2.74. The molecule has 0 unspecified atom stereocenters. The van der Waals surface area contributed by atoms with Crippen LogP contribution in [0.15, 0.2) is 0 Å². The van der Waals surface area contributed by atoms with Gasteiger partial charge in [-0.05, 0) is 0 Å². The Kier molecular flexibility index (Phi) is 6.38. The van der Waals surface area contributed by atoms with Crippen LogP contribution in [-0.2, 0) is 0 Å². The molecule has 3 heteroatoms. The normalized spacial score (nSPS) is 10.5. The molecular formula is C5H15ClNS+. The fraction of sp³-hybridized carbons (Fsp3) is 1.00. The summed E-state index contributed by atoms with van der Waals surface area (Å²) in [5.41, 5.74) is 0. The summed E-state index contributed by atoms with van der Waals surface area (Å²) in [6, 6.07) is 0. The topological polar surface area (TPSA) is 0 Å². The molecule has 0 saturated heterocycles. The molecule has 0 spiro atoms. The van der Waals surface area contributed by atoms with Crippen LogP contribution in [0.2, 0.25) is 0 Å². The molecule has 0 atom stereocenters. The van der Waals surface area contributed by atoms with Gasteiger partial charge in [-0.25, -0.2) is 0 Å². The van der Waals surface area contributed by atoms with Crippen molar-refractivity contribution in [1.82, 2.24) is 0 Å². The first-order valence-corrected chi connectivity index (χ1v) is 3.11. The Balaban J connectivity index is 0. The molecule has 0 fully saturated rings. The maximum atomic E-state index is 4.10. The molecule has 0 rings (SSSR count). The summed E-state index contributed by atoms with van der Waals surface area (Å²) in [6.07, 6.45) is 0. The lowest BCUT2D eigenvalue weighted by Crippen LogP contribution is -2.36. The second-order valence-corrected chi connectivity index (χ2v) is 3.18. The van der Waals surface area contributed by atoms with Gasteiger partial charge in [-0.1, -0.05) is 0 Å². The van der Waals surface area contributed by atoms with E-state index >= 15 is 0 Å². The summed E-state index contributed by atoms with van der Waals surface area (Å²) >= 11 is 4.10. The summed E-state index contributed by atoms with van der Waals surface area (Å²) in [7, 11) is 6.49. The highest BCUT2D eigenvalue weighted by Gasteiger charge is 2.01. The third-order valence-corrected chi connectivity index (χ3v) is 0.971. The SMILES string of the molecule is C[N+](C)(C)CCS.Cl. The molecule has 1 nitrogen and oxygen atoms in total. The molecular weight excluding hydrogens is 142 g/mol. The minimum Gasteiger partial charge on any atom is -0.330 e. The summed E-state index contributed by atoms with van der Waals surface area (Å²) < 4.78 is 1.02. The van der Waals surface area contributed by atoms with Crippen LogP contribution in [-0.4, -0.2) is 37.9 Å². The first-order valence-electron chi connectivity index (χ1n) is 2.47.